The lowest BCUT2D eigenvalue weighted by atomic mass is 10.1. The van der Waals surface area contributed by atoms with Crippen LogP contribution in [0.5, 0.6) is 0 Å². The van der Waals surface area contributed by atoms with Gasteiger partial charge in [-0.1, -0.05) is 23.7 Å². The molecular weight excluding hydrogens is 365 g/mol. The minimum Gasteiger partial charge on any atom is -0.301 e. The highest BCUT2D eigenvalue weighted by molar-refractivity contribution is 7.80. The number of carbonyl (C=O) groups is 2. The van der Waals surface area contributed by atoms with Crippen molar-refractivity contribution in [1.29, 1.82) is 0 Å². The maximum absolute atomic E-state index is 13.6. The van der Waals surface area contributed by atoms with E-state index in [0.717, 1.165) is 6.21 Å². The fourth-order valence-corrected chi connectivity index (χ4v) is 2.69. The van der Waals surface area contributed by atoms with Crippen LogP contribution in [0.3, 0.4) is 0 Å². The average Bonchev–Trinajstić information content (AvgIpc) is 2.57. The third kappa shape index (κ3) is 3.57. The van der Waals surface area contributed by atoms with Crippen LogP contribution in [0, 0.1) is 11.7 Å². The Kier molecular flexibility index (Phi) is 4.87. The summed E-state index contributed by atoms with van der Waals surface area (Å²) in [7, 11) is 0. The molecule has 3 rings (SSSR count). The van der Waals surface area contributed by atoms with Gasteiger partial charge >= 0.3 is 0 Å². The number of amides is 2. The predicted octanol–water partition coefficient (Wildman–Crippen LogP) is 3.25. The van der Waals surface area contributed by atoms with E-state index in [4.69, 9.17) is 23.8 Å². The maximum atomic E-state index is 13.6. The van der Waals surface area contributed by atoms with E-state index in [-0.39, 0.29) is 10.8 Å². The van der Waals surface area contributed by atoms with Crippen molar-refractivity contribution in [3.8, 4) is 0 Å². The van der Waals surface area contributed by atoms with E-state index in [1.54, 1.807) is 30.3 Å². The molecule has 2 aromatic rings. The average molecular weight is 376 g/mol. The Morgan fingerprint density at radius 2 is 1.84 bits per heavy atom. The Bertz CT molecular complexity index is 886. The van der Waals surface area contributed by atoms with Crippen LogP contribution >= 0.6 is 23.8 Å². The molecule has 1 saturated heterocycles. The van der Waals surface area contributed by atoms with Crippen LogP contribution in [0.1, 0.15) is 0 Å². The van der Waals surface area contributed by atoms with Crippen LogP contribution in [0.4, 0.5) is 15.8 Å². The van der Waals surface area contributed by atoms with Gasteiger partial charge in [0.15, 0.2) is 11.0 Å². The summed E-state index contributed by atoms with van der Waals surface area (Å²) in [5.74, 6) is -2.95. The summed E-state index contributed by atoms with van der Waals surface area (Å²) in [6, 6.07) is 12.2. The summed E-state index contributed by atoms with van der Waals surface area (Å²) in [6.45, 7) is 0. The largest absolute Gasteiger partial charge is 0.301 e. The van der Waals surface area contributed by atoms with Crippen LogP contribution in [-0.2, 0) is 9.59 Å². The van der Waals surface area contributed by atoms with Gasteiger partial charge in [0.05, 0.1) is 11.4 Å². The van der Waals surface area contributed by atoms with Crippen LogP contribution in [0.25, 0.3) is 0 Å². The first-order chi connectivity index (χ1) is 12.0. The van der Waals surface area contributed by atoms with Gasteiger partial charge < -0.3 is 5.32 Å². The van der Waals surface area contributed by atoms with Crippen molar-refractivity contribution < 1.29 is 14.0 Å². The topological polar surface area (TPSA) is 61.8 Å². The quantitative estimate of drug-likeness (QED) is 0.509. The summed E-state index contributed by atoms with van der Waals surface area (Å²) >= 11 is 10.9. The second-order valence-electron chi connectivity index (χ2n) is 5.15. The Balaban J connectivity index is 1.90. The first-order valence-corrected chi connectivity index (χ1v) is 7.99. The van der Waals surface area contributed by atoms with Gasteiger partial charge in [0.25, 0.3) is 5.91 Å². The Hall–Kier alpha value is -2.64. The molecule has 0 spiro atoms. The van der Waals surface area contributed by atoms with Crippen LogP contribution in [0.2, 0.25) is 5.02 Å². The predicted molar refractivity (Wildman–Crippen MR) is 97.7 cm³/mol. The van der Waals surface area contributed by atoms with Gasteiger partial charge in [-0.3, -0.25) is 19.5 Å². The molecule has 25 heavy (non-hydrogen) atoms. The minimum absolute atomic E-state index is 0.0344. The summed E-state index contributed by atoms with van der Waals surface area (Å²) in [5.41, 5.74) is 0.498. The number of nitrogens with zero attached hydrogens (tertiary/aromatic N) is 2. The van der Waals surface area contributed by atoms with Gasteiger partial charge in [0, 0.05) is 11.2 Å². The molecule has 2 aromatic carbocycles. The fourth-order valence-electron chi connectivity index (χ4n) is 2.27. The fraction of sp³-hybridized carbons (Fsp3) is 0.0588. The molecule has 0 unspecified atom stereocenters. The first kappa shape index (κ1) is 17.2. The number of anilines is 1. The van der Waals surface area contributed by atoms with E-state index < -0.39 is 23.5 Å². The van der Waals surface area contributed by atoms with Crippen molar-refractivity contribution in [3.63, 3.8) is 0 Å². The van der Waals surface area contributed by atoms with Gasteiger partial charge in [0.1, 0.15) is 5.82 Å². The SMILES string of the molecule is O=C1NC(=S)N(c2ccc(Cl)cc2)C(=O)[C@@H]1C=Nc1ccccc1F. The van der Waals surface area contributed by atoms with Crippen molar-refractivity contribution in [2.45, 2.75) is 0 Å². The van der Waals surface area contributed by atoms with Crippen LogP contribution in [-0.4, -0.2) is 23.1 Å². The maximum Gasteiger partial charge on any atom is 0.251 e. The second kappa shape index (κ2) is 7.08. The van der Waals surface area contributed by atoms with Gasteiger partial charge in [-0.2, -0.15) is 0 Å². The molecule has 1 aliphatic rings. The lowest BCUT2D eigenvalue weighted by Gasteiger charge is -2.30. The zero-order chi connectivity index (χ0) is 18.0. The number of hydrogen-bond acceptors (Lipinski definition) is 4. The molecule has 0 aliphatic carbocycles. The number of hydrogen-bond donors (Lipinski definition) is 1. The van der Waals surface area contributed by atoms with Crippen molar-refractivity contribution in [2.24, 2.45) is 10.9 Å². The molecule has 0 bridgehead atoms. The van der Waals surface area contributed by atoms with E-state index in [1.165, 1.54) is 23.1 Å². The Morgan fingerprint density at radius 1 is 1.16 bits per heavy atom. The van der Waals surface area contributed by atoms with E-state index in [1.807, 2.05) is 0 Å². The Labute approximate surface area is 153 Å². The van der Waals surface area contributed by atoms with Gasteiger partial charge in [-0.15, -0.1) is 0 Å². The monoisotopic (exact) mass is 375 g/mol. The zero-order valence-electron chi connectivity index (χ0n) is 12.6. The number of aliphatic imine (C=N–C) groups is 1. The Morgan fingerprint density at radius 3 is 2.52 bits per heavy atom. The third-order valence-corrected chi connectivity index (χ3v) is 4.04. The minimum atomic E-state index is -1.22. The lowest BCUT2D eigenvalue weighted by molar-refractivity contribution is -0.130. The second-order valence-corrected chi connectivity index (χ2v) is 5.97. The molecular formula is C17H11ClFN3O2S. The number of rotatable bonds is 3. The summed E-state index contributed by atoms with van der Waals surface area (Å²) in [5, 5.41) is 2.92. The van der Waals surface area contributed by atoms with Gasteiger partial charge in [-0.25, -0.2) is 4.39 Å². The van der Waals surface area contributed by atoms with Crippen LogP contribution in [0.15, 0.2) is 53.5 Å². The van der Waals surface area contributed by atoms with Crippen molar-refractivity contribution >= 4 is 58.3 Å². The molecule has 0 radical (unpaired) electrons. The third-order valence-electron chi connectivity index (χ3n) is 3.50. The lowest BCUT2D eigenvalue weighted by Crippen LogP contribution is -2.58. The molecule has 1 atom stereocenters. The number of nitrogens with one attached hydrogen (secondary N) is 1. The van der Waals surface area contributed by atoms with E-state index >= 15 is 0 Å². The van der Waals surface area contributed by atoms with Crippen molar-refractivity contribution in [3.05, 3.63) is 59.4 Å². The highest BCUT2D eigenvalue weighted by Gasteiger charge is 2.38. The first-order valence-electron chi connectivity index (χ1n) is 7.20. The van der Waals surface area contributed by atoms with E-state index in [2.05, 4.69) is 10.3 Å². The van der Waals surface area contributed by atoms with Crippen molar-refractivity contribution in [1.82, 2.24) is 5.32 Å². The molecule has 1 N–H and O–H groups in total. The zero-order valence-corrected chi connectivity index (χ0v) is 14.2. The number of halogens is 2. The summed E-state index contributed by atoms with van der Waals surface area (Å²) < 4.78 is 13.6. The highest BCUT2D eigenvalue weighted by Crippen LogP contribution is 2.23. The normalized spacial score (nSPS) is 17.9. The number of benzene rings is 2. The molecule has 0 saturated carbocycles. The van der Waals surface area contributed by atoms with Gasteiger partial charge in [-0.05, 0) is 48.6 Å². The van der Waals surface area contributed by atoms with E-state index in [0.29, 0.717) is 10.7 Å². The standard InChI is InChI=1S/C17H11ClFN3O2S/c18-10-5-7-11(8-6-10)22-16(24)12(15(23)21-17(22)25)9-20-14-4-2-1-3-13(14)19/h1-9,12H,(H,21,23,25)/t12-/m1/s1. The van der Waals surface area contributed by atoms with Crippen molar-refractivity contribution in [2.75, 3.05) is 4.90 Å². The molecule has 0 aromatic heterocycles. The number of para-hydroxylation sites is 1. The molecule has 1 aliphatic heterocycles. The smallest absolute Gasteiger partial charge is 0.251 e. The number of carbonyl (C=O) groups excluding carboxylic acids is 2. The van der Waals surface area contributed by atoms with Crippen LogP contribution < -0.4 is 10.2 Å². The van der Waals surface area contributed by atoms with E-state index in [9.17, 15) is 14.0 Å². The summed E-state index contributed by atoms with van der Waals surface area (Å²) in [4.78, 5) is 29.9. The highest BCUT2D eigenvalue weighted by atomic mass is 35.5. The molecule has 2 amide bonds. The number of thiocarbonyl (C=S) groups is 1. The van der Waals surface area contributed by atoms with Gasteiger partial charge in [0.2, 0.25) is 5.91 Å². The molecule has 5 nitrogen and oxygen atoms in total. The molecule has 8 heteroatoms. The molecule has 126 valence electrons. The summed E-state index contributed by atoms with van der Waals surface area (Å²) in [6.07, 6.45) is 1.11. The molecule has 1 heterocycles. The molecule has 1 fully saturated rings.